The van der Waals surface area contributed by atoms with Gasteiger partial charge in [0.05, 0.1) is 11.3 Å². The van der Waals surface area contributed by atoms with Crippen LogP contribution < -0.4 is 10.7 Å². The number of amides is 1. The van der Waals surface area contributed by atoms with Crippen molar-refractivity contribution < 1.29 is 14.4 Å². The number of carbonyl (C=O) groups is 3. The van der Waals surface area contributed by atoms with E-state index in [0.717, 1.165) is 17.0 Å². The van der Waals surface area contributed by atoms with E-state index in [9.17, 15) is 14.4 Å². The van der Waals surface area contributed by atoms with E-state index in [0.29, 0.717) is 31.4 Å². The topological polar surface area (TPSA) is 87.6 Å². The summed E-state index contributed by atoms with van der Waals surface area (Å²) in [6, 6.07) is 7.63. The number of rotatable bonds is 4. The van der Waals surface area contributed by atoms with Crippen LogP contribution in [0.5, 0.6) is 0 Å². The van der Waals surface area contributed by atoms with Crippen LogP contribution >= 0.6 is 0 Å². The molecule has 1 amide bonds. The van der Waals surface area contributed by atoms with Crippen LogP contribution in [-0.2, 0) is 14.4 Å². The third-order valence-electron chi connectivity index (χ3n) is 4.64. The summed E-state index contributed by atoms with van der Waals surface area (Å²) in [5, 5.41) is 7.35. The van der Waals surface area contributed by atoms with Gasteiger partial charge in [-0.2, -0.15) is 5.10 Å². The second kappa shape index (κ2) is 6.86. The normalized spacial score (nSPS) is 19.7. The Labute approximate surface area is 152 Å². The van der Waals surface area contributed by atoms with Gasteiger partial charge >= 0.3 is 0 Å². The quantitative estimate of drug-likeness (QED) is 0.815. The molecule has 1 aromatic rings. The lowest BCUT2D eigenvalue weighted by molar-refractivity contribution is -0.123. The van der Waals surface area contributed by atoms with Crippen LogP contribution in [0.2, 0.25) is 0 Å². The predicted octanol–water partition coefficient (Wildman–Crippen LogP) is 2.94. The van der Waals surface area contributed by atoms with Gasteiger partial charge < -0.3 is 5.32 Å². The highest BCUT2D eigenvalue weighted by molar-refractivity contribution is 6.20. The molecule has 6 nitrogen and oxygen atoms in total. The number of hydrazone groups is 1. The van der Waals surface area contributed by atoms with Crippen LogP contribution in [0.3, 0.4) is 0 Å². The van der Waals surface area contributed by atoms with Gasteiger partial charge in [0, 0.05) is 30.6 Å². The van der Waals surface area contributed by atoms with Gasteiger partial charge in [-0.25, -0.2) is 5.43 Å². The summed E-state index contributed by atoms with van der Waals surface area (Å²) in [5.74, 6) is -0.364. The lowest BCUT2D eigenvalue weighted by Crippen LogP contribution is -2.30. The molecule has 0 saturated heterocycles. The van der Waals surface area contributed by atoms with E-state index in [4.69, 9.17) is 0 Å². The molecule has 3 rings (SSSR count). The lowest BCUT2D eigenvalue weighted by atomic mass is 9.75. The summed E-state index contributed by atoms with van der Waals surface area (Å²) in [6.45, 7) is 5.50. The number of Topliss-reactive ketones (excluding diaryl/α,β-unsaturated/α-hetero) is 2. The fraction of sp³-hybridized carbons (Fsp3) is 0.400. The monoisotopic (exact) mass is 353 g/mol. The van der Waals surface area contributed by atoms with Gasteiger partial charge in [0.1, 0.15) is 0 Å². The Morgan fingerprint density at radius 3 is 2.38 bits per heavy atom. The highest BCUT2D eigenvalue weighted by Crippen LogP contribution is 2.37. The fourth-order valence-corrected chi connectivity index (χ4v) is 3.44. The van der Waals surface area contributed by atoms with Crippen molar-refractivity contribution in [3.8, 4) is 0 Å². The maximum absolute atomic E-state index is 12.4. The van der Waals surface area contributed by atoms with Crippen LogP contribution in [0.1, 0.15) is 52.0 Å². The maximum atomic E-state index is 12.4. The van der Waals surface area contributed by atoms with E-state index >= 15 is 0 Å². The number of hydrogen-bond donors (Lipinski definition) is 2. The lowest BCUT2D eigenvalue weighted by Gasteiger charge is -2.32. The SMILES string of the molecule is CC(=O)C1=C(Nc2ccc(C3=NNC(=O)CC3)cc2)CC(C)(C)CC1=O. The molecule has 0 saturated carbocycles. The second-order valence-corrected chi connectivity index (χ2v) is 7.65. The van der Waals surface area contributed by atoms with E-state index in [2.05, 4.69) is 15.8 Å². The molecule has 26 heavy (non-hydrogen) atoms. The minimum atomic E-state index is -0.197. The van der Waals surface area contributed by atoms with Crippen molar-refractivity contribution in [2.24, 2.45) is 10.5 Å². The average Bonchev–Trinajstić information content (AvgIpc) is 2.54. The highest BCUT2D eigenvalue weighted by Gasteiger charge is 2.34. The molecule has 0 spiro atoms. The van der Waals surface area contributed by atoms with Crippen LogP contribution in [-0.4, -0.2) is 23.2 Å². The Morgan fingerprint density at radius 1 is 1.12 bits per heavy atom. The molecular weight excluding hydrogens is 330 g/mol. The zero-order valence-corrected chi connectivity index (χ0v) is 15.3. The van der Waals surface area contributed by atoms with Gasteiger partial charge in [-0.05, 0) is 36.5 Å². The largest absolute Gasteiger partial charge is 0.358 e. The molecule has 0 unspecified atom stereocenters. The van der Waals surface area contributed by atoms with Crippen LogP contribution in [0.4, 0.5) is 5.69 Å². The molecule has 0 radical (unpaired) electrons. The van der Waals surface area contributed by atoms with Crippen molar-refractivity contribution in [2.75, 3.05) is 5.32 Å². The Bertz CT molecular complexity index is 832. The van der Waals surface area contributed by atoms with Crippen molar-refractivity contribution in [1.82, 2.24) is 5.43 Å². The molecule has 1 heterocycles. The molecule has 2 N–H and O–H groups in total. The first-order valence-corrected chi connectivity index (χ1v) is 8.75. The summed E-state index contributed by atoms with van der Waals surface area (Å²) in [6.07, 6.45) is 2.08. The van der Waals surface area contributed by atoms with Crippen molar-refractivity contribution in [3.05, 3.63) is 41.1 Å². The third kappa shape index (κ3) is 3.90. The van der Waals surface area contributed by atoms with Crippen molar-refractivity contribution in [2.45, 2.75) is 46.5 Å². The van der Waals surface area contributed by atoms with Gasteiger partial charge in [0.2, 0.25) is 5.91 Å². The molecular formula is C20H23N3O3. The number of nitrogens with zero attached hydrogens (tertiary/aromatic N) is 1. The van der Waals surface area contributed by atoms with E-state index < -0.39 is 0 Å². The summed E-state index contributed by atoms with van der Waals surface area (Å²) in [5.41, 5.74) is 5.89. The third-order valence-corrected chi connectivity index (χ3v) is 4.64. The number of anilines is 1. The van der Waals surface area contributed by atoms with E-state index in [1.165, 1.54) is 6.92 Å². The molecule has 6 heteroatoms. The molecule has 1 aliphatic carbocycles. The zero-order valence-electron chi connectivity index (χ0n) is 15.3. The van der Waals surface area contributed by atoms with Crippen LogP contribution in [0, 0.1) is 5.41 Å². The molecule has 0 fully saturated rings. The van der Waals surface area contributed by atoms with Crippen molar-refractivity contribution in [1.29, 1.82) is 0 Å². The molecule has 0 aromatic heterocycles. The van der Waals surface area contributed by atoms with E-state index in [-0.39, 0.29) is 28.5 Å². The molecule has 0 bridgehead atoms. The van der Waals surface area contributed by atoms with Crippen molar-refractivity contribution >= 4 is 28.9 Å². The highest BCUT2D eigenvalue weighted by atomic mass is 16.2. The first-order valence-electron chi connectivity index (χ1n) is 8.75. The van der Waals surface area contributed by atoms with Crippen LogP contribution in [0.15, 0.2) is 40.6 Å². The maximum Gasteiger partial charge on any atom is 0.240 e. The summed E-state index contributed by atoms with van der Waals surface area (Å²) in [4.78, 5) is 35.5. The Hall–Kier alpha value is -2.76. The first-order chi connectivity index (χ1) is 12.2. The van der Waals surface area contributed by atoms with Crippen LogP contribution in [0.25, 0.3) is 0 Å². The zero-order chi connectivity index (χ0) is 18.9. The van der Waals surface area contributed by atoms with Gasteiger partial charge in [-0.3, -0.25) is 14.4 Å². The van der Waals surface area contributed by atoms with Gasteiger partial charge in [-0.15, -0.1) is 0 Å². The van der Waals surface area contributed by atoms with Gasteiger partial charge in [0.25, 0.3) is 0 Å². The number of allylic oxidation sites excluding steroid dienone is 2. The standard InChI is InChI=1S/C20H23N3O3/c1-12(24)19-16(10-20(2,3)11-17(19)25)21-14-6-4-13(5-7-14)15-8-9-18(26)23-22-15/h4-7,21H,8-11H2,1-3H3,(H,23,26). The molecule has 1 aliphatic heterocycles. The predicted molar refractivity (Wildman–Crippen MR) is 99.7 cm³/mol. The number of carbonyl (C=O) groups excluding carboxylic acids is 3. The molecule has 1 aromatic carbocycles. The smallest absolute Gasteiger partial charge is 0.240 e. The summed E-state index contributed by atoms with van der Waals surface area (Å²) < 4.78 is 0. The Balaban J connectivity index is 1.83. The van der Waals surface area contributed by atoms with E-state index in [1.807, 2.05) is 38.1 Å². The minimum absolute atomic E-state index is 0.0692. The summed E-state index contributed by atoms with van der Waals surface area (Å²) in [7, 11) is 0. The van der Waals surface area contributed by atoms with Crippen molar-refractivity contribution in [3.63, 3.8) is 0 Å². The number of benzene rings is 1. The van der Waals surface area contributed by atoms with E-state index in [1.54, 1.807) is 0 Å². The number of hydrogen-bond acceptors (Lipinski definition) is 5. The number of ketones is 2. The average molecular weight is 353 g/mol. The molecule has 136 valence electrons. The molecule has 0 atom stereocenters. The Kier molecular flexibility index (Phi) is 4.76. The number of nitrogens with one attached hydrogen (secondary N) is 2. The summed E-state index contributed by atoms with van der Waals surface area (Å²) >= 11 is 0. The minimum Gasteiger partial charge on any atom is -0.358 e. The van der Waals surface area contributed by atoms with Gasteiger partial charge in [0.15, 0.2) is 11.6 Å². The second-order valence-electron chi connectivity index (χ2n) is 7.65. The molecule has 2 aliphatic rings. The van der Waals surface area contributed by atoms with Gasteiger partial charge in [-0.1, -0.05) is 26.0 Å². The first kappa shape index (κ1) is 18.0. The Morgan fingerprint density at radius 2 is 1.81 bits per heavy atom. The fourth-order valence-electron chi connectivity index (χ4n) is 3.44.